The van der Waals surface area contributed by atoms with Gasteiger partial charge in [0.1, 0.15) is 17.2 Å². The van der Waals surface area contributed by atoms with Crippen LogP contribution in [0.25, 0.3) is 0 Å². The van der Waals surface area contributed by atoms with Gasteiger partial charge in [-0.2, -0.15) is 0 Å². The molecule has 0 N–H and O–H groups in total. The van der Waals surface area contributed by atoms with Crippen LogP contribution in [-0.4, -0.2) is 18.2 Å². The van der Waals surface area contributed by atoms with Crippen LogP contribution in [0.5, 0.6) is 0 Å². The van der Waals surface area contributed by atoms with Crippen molar-refractivity contribution in [2.45, 2.75) is 31.7 Å². The molecule has 0 aromatic heterocycles. The average Bonchev–Trinajstić information content (AvgIpc) is 2.34. The highest BCUT2D eigenvalue weighted by atomic mass is 19.1. The van der Waals surface area contributed by atoms with E-state index in [-0.39, 0.29) is 11.5 Å². The van der Waals surface area contributed by atoms with E-state index in [4.69, 9.17) is 4.74 Å². The van der Waals surface area contributed by atoms with Crippen molar-refractivity contribution in [1.82, 2.24) is 0 Å². The lowest BCUT2D eigenvalue weighted by Gasteiger charge is -2.38. The lowest BCUT2D eigenvalue weighted by Crippen LogP contribution is -2.47. The first-order valence-electron chi connectivity index (χ1n) is 5.82. The van der Waals surface area contributed by atoms with Gasteiger partial charge in [-0.1, -0.05) is 24.8 Å². The van der Waals surface area contributed by atoms with Crippen LogP contribution in [0, 0.1) is 5.82 Å². The third-order valence-electron chi connectivity index (χ3n) is 3.22. The summed E-state index contributed by atoms with van der Waals surface area (Å²) in [5.74, 6) is -1.43. The molecule has 0 spiro atoms. The molecule has 0 amide bonds. The Morgan fingerprint density at radius 1 is 1.42 bits per heavy atom. The number of benzene rings is 1. The average molecular weight is 269 g/mol. The largest absolute Gasteiger partial charge is 0.468 e. The van der Waals surface area contributed by atoms with Crippen molar-refractivity contribution in [3.05, 3.63) is 48.1 Å². The maximum atomic E-state index is 14.5. The smallest absolute Gasteiger partial charge is 0.184 e. The van der Waals surface area contributed by atoms with E-state index in [1.54, 1.807) is 6.07 Å². The Kier molecular flexibility index (Phi) is 3.39. The molecule has 0 fully saturated rings. The van der Waals surface area contributed by atoms with Gasteiger partial charge in [0, 0.05) is 12.5 Å². The van der Waals surface area contributed by atoms with Crippen molar-refractivity contribution in [2.75, 3.05) is 0 Å². The minimum absolute atomic E-state index is 0.0661. The second-order valence-electron chi connectivity index (χ2n) is 4.65. The number of ether oxygens (including phenoxy) is 1. The molecular formula is C14H14F3NO. The maximum Gasteiger partial charge on any atom is 0.184 e. The highest BCUT2D eigenvalue weighted by Crippen LogP contribution is 2.40. The van der Waals surface area contributed by atoms with Crippen LogP contribution in [0.15, 0.2) is 41.7 Å². The van der Waals surface area contributed by atoms with E-state index in [2.05, 4.69) is 11.6 Å². The molecule has 1 aromatic carbocycles. The van der Waals surface area contributed by atoms with E-state index in [1.165, 1.54) is 32.0 Å². The van der Waals surface area contributed by atoms with Crippen LogP contribution >= 0.6 is 0 Å². The molecular weight excluding hydrogens is 255 g/mol. The molecule has 19 heavy (non-hydrogen) atoms. The molecule has 2 nitrogen and oxygen atoms in total. The van der Waals surface area contributed by atoms with Crippen molar-refractivity contribution in [3.8, 4) is 0 Å². The van der Waals surface area contributed by atoms with Crippen LogP contribution in [0.2, 0.25) is 0 Å². The van der Waals surface area contributed by atoms with E-state index < -0.39 is 29.5 Å². The first kappa shape index (κ1) is 13.6. The van der Waals surface area contributed by atoms with Gasteiger partial charge < -0.3 is 4.74 Å². The summed E-state index contributed by atoms with van der Waals surface area (Å²) < 4.78 is 46.6. The van der Waals surface area contributed by atoms with Gasteiger partial charge in [0.05, 0.1) is 0 Å². The molecule has 1 aromatic rings. The Hall–Kier alpha value is -1.78. The van der Waals surface area contributed by atoms with Gasteiger partial charge in [-0.15, -0.1) is 0 Å². The number of hydrogen-bond acceptors (Lipinski definition) is 2. The molecule has 0 saturated heterocycles. The number of rotatable bonds is 2. The molecule has 2 rings (SSSR count). The van der Waals surface area contributed by atoms with E-state index in [1.807, 2.05) is 0 Å². The monoisotopic (exact) mass is 269 g/mol. The predicted molar refractivity (Wildman–Crippen MR) is 66.9 cm³/mol. The molecule has 0 radical (unpaired) electrons. The fraction of sp³-hybridized carbons (Fsp3) is 0.357. The van der Waals surface area contributed by atoms with Gasteiger partial charge in [0.25, 0.3) is 0 Å². The number of aliphatic imine (C=N–C) groups is 1. The maximum absolute atomic E-state index is 14.5. The van der Waals surface area contributed by atoms with E-state index >= 15 is 0 Å². The van der Waals surface area contributed by atoms with Gasteiger partial charge >= 0.3 is 0 Å². The van der Waals surface area contributed by atoms with Crippen LogP contribution in [-0.2, 0) is 10.3 Å². The van der Waals surface area contributed by atoms with Gasteiger partial charge in [-0.3, -0.25) is 0 Å². The quantitative estimate of drug-likeness (QED) is 0.802. The molecule has 1 aliphatic rings. The third kappa shape index (κ3) is 2.25. The van der Waals surface area contributed by atoms with Crippen molar-refractivity contribution in [3.63, 3.8) is 0 Å². The summed E-state index contributed by atoms with van der Waals surface area (Å²) in [7, 11) is 0. The lowest BCUT2D eigenvalue weighted by atomic mass is 9.83. The summed E-state index contributed by atoms with van der Waals surface area (Å²) in [6, 6.07) is 5.72. The SMILES string of the molecule is C=C(F)[C@H]1OC(C)=N[C@](C)(c2ccccc2F)[C@H]1F. The number of alkyl halides is 1. The van der Waals surface area contributed by atoms with Gasteiger partial charge in [0.2, 0.25) is 0 Å². The van der Waals surface area contributed by atoms with Gasteiger partial charge in [0.15, 0.2) is 18.2 Å². The van der Waals surface area contributed by atoms with Crippen molar-refractivity contribution in [2.24, 2.45) is 4.99 Å². The summed E-state index contributed by atoms with van der Waals surface area (Å²) in [6.45, 7) is 5.95. The summed E-state index contributed by atoms with van der Waals surface area (Å²) in [4.78, 5) is 4.03. The topological polar surface area (TPSA) is 21.6 Å². The molecule has 0 bridgehead atoms. The van der Waals surface area contributed by atoms with E-state index in [0.29, 0.717) is 0 Å². The van der Waals surface area contributed by atoms with E-state index in [0.717, 1.165) is 0 Å². The van der Waals surface area contributed by atoms with Crippen molar-refractivity contribution < 1.29 is 17.9 Å². The van der Waals surface area contributed by atoms with Crippen LogP contribution in [0.3, 0.4) is 0 Å². The fourth-order valence-electron chi connectivity index (χ4n) is 2.26. The Bertz CT molecular complexity index is 543. The first-order valence-corrected chi connectivity index (χ1v) is 5.82. The Labute approximate surface area is 109 Å². The second kappa shape index (κ2) is 4.72. The fourth-order valence-corrected chi connectivity index (χ4v) is 2.26. The highest BCUT2D eigenvalue weighted by Gasteiger charge is 2.48. The molecule has 1 aliphatic heterocycles. The minimum atomic E-state index is -1.86. The van der Waals surface area contributed by atoms with Crippen molar-refractivity contribution >= 4 is 5.90 Å². The highest BCUT2D eigenvalue weighted by molar-refractivity contribution is 5.75. The molecule has 1 heterocycles. The van der Waals surface area contributed by atoms with Crippen LogP contribution in [0.1, 0.15) is 19.4 Å². The minimum Gasteiger partial charge on any atom is -0.468 e. The summed E-state index contributed by atoms with van der Waals surface area (Å²) in [5, 5.41) is 0. The van der Waals surface area contributed by atoms with Crippen LogP contribution in [0.4, 0.5) is 13.2 Å². The number of halogens is 3. The number of nitrogens with zero attached hydrogens (tertiary/aromatic N) is 1. The molecule has 3 atom stereocenters. The molecule has 0 saturated carbocycles. The Balaban J connectivity index is 2.55. The van der Waals surface area contributed by atoms with Crippen LogP contribution < -0.4 is 0 Å². The van der Waals surface area contributed by atoms with Gasteiger partial charge in [-0.05, 0) is 13.0 Å². The molecule has 102 valence electrons. The third-order valence-corrected chi connectivity index (χ3v) is 3.22. The number of hydrogen-bond donors (Lipinski definition) is 0. The normalized spacial score (nSPS) is 30.5. The lowest BCUT2D eigenvalue weighted by molar-refractivity contribution is 0.0290. The summed E-state index contributed by atoms with van der Waals surface area (Å²) >= 11 is 0. The van der Waals surface area contributed by atoms with Gasteiger partial charge in [-0.25, -0.2) is 18.2 Å². The zero-order chi connectivity index (χ0) is 14.2. The zero-order valence-corrected chi connectivity index (χ0v) is 10.7. The molecule has 5 heteroatoms. The molecule has 0 unspecified atom stereocenters. The summed E-state index contributed by atoms with van der Waals surface area (Å²) in [5.41, 5.74) is -1.47. The molecule has 0 aliphatic carbocycles. The standard InChI is InChI=1S/C14H14F3NO/c1-8(15)12-13(17)14(3,18-9(2)19-12)10-6-4-5-7-11(10)16/h4-7,12-13H,1H2,2-3H3/t12-,13+,14-/m1/s1. The van der Waals surface area contributed by atoms with E-state index in [9.17, 15) is 13.2 Å². The van der Waals surface area contributed by atoms with Crippen molar-refractivity contribution in [1.29, 1.82) is 0 Å². The first-order chi connectivity index (χ1) is 8.86. The Morgan fingerprint density at radius 3 is 2.63 bits per heavy atom. The Morgan fingerprint density at radius 2 is 2.05 bits per heavy atom. The zero-order valence-electron chi connectivity index (χ0n) is 10.7. The second-order valence-corrected chi connectivity index (χ2v) is 4.65. The predicted octanol–water partition coefficient (Wildman–Crippen LogP) is 3.68. The summed E-state index contributed by atoms with van der Waals surface area (Å²) in [6.07, 6.45) is -3.33.